The summed E-state index contributed by atoms with van der Waals surface area (Å²) in [6.45, 7) is 0. The van der Waals surface area contributed by atoms with Gasteiger partial charge in [0.25, 0.3) is 0 Å². The zero-order chi connectivity index (χ0) is 37.5. The molecule has 0 fully saturated rings. The summed E-state index contributed by atoms with van der Waals surface area (Å²) in [6, 6.07) is 54.5. The van der Waals surface area contributed by atoms with Crippen LogP contribution >= 0.6 is 0 Å². The molecule has 9 heteroatoms. The largest absolute Gasteiger partial charge is 0.478 e. The number of aromatic carboxylic acids is 2. The average molecular weight is 897 g/mol. The van der Waals surface area contributed by atoms with Crippen molar-refractivity contribution in [2.45, 2.75) is 0 Å². The van der Waals surface area contributed by atoms with Gasteiger partial charge in [0.05, 0.1) is 22.5 Å². The van der Waals surface area contributed by atoms with Gasteiger partial charge in [-0.1, -0.05) is 60.7 Å². The molecule has 8 rings (SSSR count). The van der Waals surface area contributed by atoms with Crippen molar-refractivity contribution < 1.29 is 39.9 Å². The van der Waals surface area contributed by atoms with Gasteiger partial charge in [-0.05, 0) is 71.0 Å². The van der Waals surface area contributed by atoms with E-state index in [-0.39, 0.29) is 31.2 Å². The average Bonchev–Trinajstić information content (AvgIpc) is 3.25. The molecule has 8 nitrogen and oxygen atoms in total. The van der Waals surface area contributed by atoms with Gasteiger partial charge in [-0.15, -0.1) is 71.8 Å². The van der Waals surface area contributed by atoms with Crippen LogP contribution in [0, 0.1) is 12.1 Å². The van der Waals surface area contributed by atoms with Crippen LogP contribution in [0.5, 0.6) is 0 Å². The van der Waals surface area contributed by atoms with E-state index in [0.29, 0.717) is 11.4 Å². The number of nitrogens with zero attached hydrogens (tertiary/aromatic N) is 4. The molecule has 0 atom stereocenters. The first-order chi connectivity index (χ1) is 26.4. The van der Waals surface area contributed by atoms with Gasteiger partial charge in [-0.25, -0.2) is 9.59 Å². The molecule has 4 aromatic carbocycles. The van der Waals surface area contributed by atoms with Gasteiger partial charge in [0, 0.05) is 56.0 Å². The van der Waals surface area contributed by atoms with Crippen molar-refractivity contribution in [1.29, 1.82) is 0 Å². The van der Waals surface area contributed by atoms with E-state index in [2.05, 4.69) is 32.1 Å². The summed E-state index contributed by atoms with van der Waals surface area (Å²) < 4.78 is 0. The van der Waals surface area contributed by atoms with Gasteiger partial charge in [0.15, 0.2) is 0 Å². The Balaban J connectivity index is 0.000000189. The maximum Gasteiger partial charge on any atom is 0.335 e. The molecule has 4 aromatic heterocycles. The number of rotatable bonds is 7. The van der Waals surface area contributed by atoms with Crippen LogP contribution in [-0.2, 0) is 20.1 Å². The Kier molecular flexibility index (Phi) is 14.1. The van der Waals surface area contributed by atoms with Crippen molar-refractivity contribution >= 4 is 11.9 Å². The summed E-state index contributed by atoms with van der Waals surface area (Å²) >= 11 is 0. The molecule has 271 valence electrons. The minimum Gasteiger partial charge on any atom is -0.478 e. The minimum absolute atomic E-state index is 0. The van der Waals surface area contributed by atoms with Crippen molar-refractivity contribution in [3.63, 3.8) is 0 Å². The number of pyridine rings is 4. The molecule has 0 spiro atoms. The third kappa shape index (κ3) is 11.0. The van der Waals surface area contributed by atoms with Gasteiger partial charge in [0.2, 0.25) is 0 Å². The molecule has 0 saturated carbocycles. The molecular weight excluding hydrogens is 865 g/mol. The Morgan fingerprint density at radius 1 is 0.400 bits per heavy atom. The van der Waals surface area contributed by atoms with E-state index in [9.17, 15) is 9.59 Å². The van der Waals surface area contributed by atoms with Crippen molar-refractivity contribution in [3.05, 3.63) is 206 Å². The molecule has 55 heavy (non-hydrogen) atoms. The molecule has 0 aliphatic heterocycles. The van der Waals surface area contributed by atoms with Crippen LogP contribution in [0.25, 0.3) is 56.2 Å². The Morgan fingerprint density at radius 2 is 0.782 bits per heavy atom. The summed E-state index contributed by atoms with van der Waals surface area (Å²) in [6.07, 6.45) is 7.03. The first-order valence-electron chi connectivity index (χ1n) is 16.8. The van der Waals surface area contributed by atoms with E-state index >= 15 is 0 Å². The third-order valence-electron chi connectivity index (χ3n) is 8.02. The fourth-order valence-electron chi connectivity index (χ4n) is 5.19. The normalized spacial score (nSPS) is 9.96. The second-order valence-electron chi connectivity index (χ2n) is 11.6. The zero-order valence-corrected chi connectivity index (χ0v) is 31.5. The second-order valence-corrected chi connectivity index (χ2v) is 11.6. The first kappa shape index (κ1) is 39.3. The summed E-state index contributed by atoms with van der Waals surface area (Å²) in [5, 5.41) is 18.0. The van der Waals surface area contributed by atoms with Crippen LogP contribution in [0.3, 0.4) is 0 Å². The van der Waals surface area contributed by atoms with Gasteiger partial charge in [-0.3, -0.25) is 9.97 Å². The van der Waals surface area contributed by atoms with Crippen LogP contribution in [0.1, 0.15) is 20.7 Å². The Hall–Kier alpha value is -6.93. The minimum atomic E-state index is -0.956. The predicted octanol–water partition coefficient (Wildman–Crippen LogP) is 9.97. The fraction of sp³-hybridized carbons (Fsp3) is 0. The molecular formula is C46H32IrN4O4-2. The van der Waals surface area contributed by atoms with Crippen LogP contribution in [0.4, 0.5) is 0 Å². The Bertz CT molecular complexity index is 2130. The SMILES string of the molecule is O=C(O)c1ccc(-c2ccc(-c3ccc(-c4ccc(C(=O)O)cc4)cn3)nc2)cc1.[Ir].[c-]1ccccc1-c1ccccn1.[c-]1ccccc1-c1ccccn1. The van der Waals surface area contributed by atoms with E-state index < -0.39 is 11.9 Å². The fourth-order valence-corrected chi connectivity index (χ4v) is 5.19. The number of aromatic nitrogens is 4. The number of hydrogen-bond acceptors (Lipinski definition) is 6. The molecule has 2 N–H and O–H groups in total. The maximum absolute atomic E-state index is 11.0. The summed E-state index contributed by atoms with van der Waals surface area (Å²) in [5.41, 5.74) is 9.46. The number of carboxylic acid groups (broad SMARTS) is 2. The number of carboxylic acids is 2. The van der Waals surface area contributed by atoms with Crippen molar-refractivity contribution in [1.82, 2.24) is 19.9 Å². The quantitative estimate of drug-likeness (QED) is 0.152. The van der Waals surface area contributed by atoms with E-state index in [0.717, 1.165) is 44.8 Å². The summed E-state index contributed by atoms with van der Waals surface area (Å²) in [7, 11) is 0. The number of hydrogen-bond donors (Lipinski definition) is 2. The van der Waals surface area contributed by atoms with E-state index in [1.54, 1.807) is 73.3 Å². The van der Waals surface area contributed by atoms with Gasteiger partial charge in [-0.2, -0.15) is 0 Å². The summed E-state index contributed by atoms with van der Waals surface area (Å²) in [5.74, 6) is -1.91. The van der Waals surface area contributed by atoms with Crippen LogP contribution < -0.4 is 0 Å². The van der Waals surface area contributed by atoms with E-state index in [1.807, 2.05) is 109 Å². The molecule has 8 aromatic rings. The smallest absolute Gasteiger partial charge is 0.335 e. The van der Waals surface area contributed by atoms with Gasteiger partial charge >= 0.3 is 11.9 Å². The molecule has 0 aliphatic rings. The molecule has 1 radical (unpaired) electrons. The second kappa shape index (κ2) is 19.8. The molecule has 4 heterocycles. The topological polar surface area (TPSA) is 126 Å². The van der Waals surface area contributed by atoms with Crippen molar-refractivity contribution in [2.75, 3.05) is 0 Å². The first-order valence-corrected chi connectivity index (χ1v) is 16.8. The molecule has 0 unspecified atom stereocenters. The van der Waals surface area contributed by atoms with Crippen molar-refractivity contribution in [2.24, 2.45) is 0 Å². The molecule has 0 bridgehead atoms. The van der Waals surface area contributed by atoms with E-state index in [4.69, 9.17) is 10.2 Å². The van der Waals surface area contributed by atoms with Crippen LogP contribution in [0.15, 0.2) is 183 Å². The van der Waals surface area contributed by atoms with Gasteiger partial charge in [0.1, 0.15) is 0 Å². The van der Waals surface area contributed by atoms with Gasteiger partial charge < -0.3 is 20.2 Å². The molecule has 0 aliphatic carbocycles. The maximum atomic E-state index is 11.0. The zero-order valence-electron chi connectivity index (χ0n) is 29.2. The Morgan fingerprint density at radius 3 is 1.07 bits per heavy atom. The standard InChI is InChI=1S/C24H16N2O4.2C11H8N.Ir/c27-23(28)17-5-1-15(2-6-17)19-9-11-21(25-13-19)22-12-10-20(14-26-22)16-3-7-18(8-4-16)24(29)30;2*1-2-6-10(7-3-1)11-8-4-5-9-12-11;/h1-14H,(H,27,28)(H,29,30);2*1-6,8-9H;/q;2*-1;. The number of carbonyl (C=O) groups is 2. The summed E-state index contributed by atoms with van der Waals surface area (Å²) in [4.78, 5) is 39.3. The monoisotopic (exact) mass is 897 g/mol. The van der Waals surface area contributed by atoms with Crippen molar-refractivity contribution in [3.8, 4) is 56.2 Å². The third-order valence-corrected chi connectivity index (χ3v) is 8.02. The van der Waals surface area contributed by atoms with Crippen LogP contribution in [-0.4, -0.2) is 42.1 Å². The predicted molar refractivity (Wildman–Crippen MR) is 209 cm³/mol. The molecule has 0 amide bonds. The Labute approximate surface area is 332 Å². The van der Waals surface area contributed by atoms with E-state index in [1.165, 1.54) is 0 Å². The van der Waals surface area contributed by atoms with Crippen LogP contribution in [0.2, 0.25) is 0 Å². The number of benzene rings is 4. The molecule has 0 saturated heterocycles.